The largest absolute Gasteiger partial charge is 0.493 e. The van der Waals surface area contributed by atoms with E-state index < -0.39 is 0 Å². The van der Waals surface area contributed by atoms with Crippen LogP contribution in [0.3, 0.4) is 0 Å². The zero-order valence-corrected chi connectivity index (χ0v) is 14.1. The quantitative estimate of drug-likeness (QED) is 0.643. The molecule has 0 atom stereocenters. The molecule has 125 valence electrons. The van der Waals surface area contributed by atoms with Crippen LogP contribution in [-0.2, 0) is 6.42 Å². The Kier molecular flexibility index (Phi) is 4.73. The topological polar surface area (TPSA) is 18.5 Å². The van der Waals surface area contributed by atoms with Crippen LogP contribution in [0.15, 0.2) is 48.5 Å². The summed E-state index contributed by atoms with van der Waals surface area (Å²) in [6.45, 7) is 1.73. The van der Waals surface area contributed by atoms with Crippen molar-refractivity contribution in [3.05, 3.63) is 66.1 Å². The molecule has 24 heavy (non-hydrogen) atoms. The molecule has 0 aromatic heterocycles. The van der Waals surface area contributed by atoms with Crippen LogP contribution in [-0.4, -0.2) is 13.2 Å². The fourth-order valence-corrected chi connectivity index (χ4v) is 2.73. The molecule has 2 saturated carbocycles. The summed E-state index contributed by atoms with van der Waals surface area (Å²) in [5.41, 5.74) is 2.50. The molecule has 0 aliphatic heterocycles. The van der Waals surface area contributed by atoms with Crippen molar-refractivity contribution < 1.29 is 9.47 Å². The Morgan fingerprint density at radius 2 is 1.42 bits per heavy atom. The monoisotopic (exact) mass is 321 g/mol. The first-order chi connectivity index (χ1) is 11.8. The molecular formula is C22H25O2. The average molecular weight is 321 g/mol. The Morgan fingerprint density at radius 3 is 2.08 bits per heavy atom. The number of benzene rings is 2. The Morgan fingerprint density at radius 1 is 0.792 bits per heavy atom. The minimum absolute atomic E-state index is 0.788. The van der Waals surface area contributed by atoms with E-state index in [0.717, 1.165) is 43.0 Å². The molecule has 2 nitrogen and oxygen atoms in total. The predicted molar refractivity (Wildman–Crippen MR) is 96.4 cm³/mol. The van der Waals surface area contributed by atoms with E-state index >= 15 is 0 Å². The molecule has 0 N–H and O–H groups in total. The molecule has 0 bridgehead atoms. The van der Waals surface area contributed by atoms with E-state index in [4.69, 9.17) is 9.47 Å². The van der Waals surface area contributed by atoms with Gasteiger partial charge in [-0.3, -0.25) is 0 Å². The van der Waals surface area contributed by atoms with Crippen molar-refractivity contribution in [2.45, 2.75) is 32.1 Å². The summed E-state index contributed by atoms with van der Waals surface area (Å²) < 4.78 is 11.7. The van der Waals surface area contributed by atoms with Crippen LogP contribution in [0.5, 0.6) is 11.5 Å². The Hall–Kier alpha value is -1.96. The van der Waals surface area contributed by atoms with Gasteiger partial charge < -0.3 is 9.47 Å². The van der Waals surface area contributed by atoms with E-state index in [0.29, 0.717) is 0 Å². The Labute approximate surface area is 144 Å². The van der Waals surface area contributed by atoms with Gasteiger partial charge in [0.2, 0.25) is 0 Å². The summed E-state index contributed by atoms with van der Waals surface area (Å²) in [7, 11) is 0. The second-order valence-corrected chi connectivity index (χ2v) is 7.14. The van der Waals surface area contributed by atoms with Gasteiger partial charge in [-0.25, -0.2) is 0 Å². The first kappa shape index (κ1) is 15.6. The van der Waals surface area contributed by atoms with E-state index in [9.17, 15) is 0 Å². The molecule has 2 aromatic carbocycles. The van der Waals surface area contributed by atoms with Crippen molar-refractivity contribution in [3.63, 3.8) is 0 Å². The van der Waals surface area contributed by atoms with Crippen LogP contribution >= 0.6 is 0 Å². The second kappa shape index (κ2) is 7.29. The van der Waals surface area contributed by atoms with Crippen molar-refractivity contribution in [1.29, 1.82) is 0 Å². The molecule has 0 spiro atoms. The van der Waals surface area contributed by atoms with Crippen LogP contribution in [0.1, 0.15) is 36.8 Å². The fourth-order valence-electron chi connectivity index (χ4n) is 2.73. The first-order valence-corrected chi connectivity index (χ1v) is 9.13. The zero-order valence-electron chi connectivity index (χ0n) is 14.1. The highest BCUT2D eigenvalue weighted by molar-refractivity contribution is 5.36. The molecule has 4 rings (SSSR count). The number of ether oxygens (including phenoxy) is 2. The maximum absolute atomic E-state index is 5.87. The zero-order chi connectivity index (χ0) is 16.2. The molecule has 2 aliphatic carbocycles. The van der Waals surface area contributed by atoms with Gasteiger partial charge in [0.15, 0.2) is 0 Å². The maximum atomic E-state index is 5.87. The Bertz CT molecular complexity index is 612. The number of hydrogen-bond donors (Lipinski definition) is 0. The lowest BCUT2D eigenvalue weighted by atomic mass is 10.0. The fraction of sp³-hybridized carbons (Fsp3) is 0.409. The molecule has 2 aromatic rings. The van der Waals surface area contributed by atoms with Gasteiger partial charge in [-0.1, -0.05) is 24.3 Å². The van der Waals surface area contributed by atoms with Crippen molar-refractivity contribution in [3.8, 4) is 11.5 Å². The smallest absolute Gasteiger partial charge is 0.119 e. The Balaban J connectivity index is 1.30. The molecule has 0 saturated heterocycles. The van der Waals surface area contributed by atoms with Gasteiger partial charge in [0.1, 0.15) is 11.5 Å². The van der Waals surface area contributed by atoms with Crippen LogP contribution in [0.4, 0.5) is 0 Å². The van der Waals surface area contributed by atoms with E-state index in [1.165, 1.54) is 36.8 Å². The van der Waals surface area contributed by atoms with Crippen LogP contribution in [0, 0.1) is 18.3 Å². The molecule has 2 heteroatoms. The maximum Gasteiger partial charge on any atom is 0.119 e. The van der Waals surface area contributed by atoms with Crippen LogP contribution in [0.2, 0.25) is 0 Å². The standard InChI is InChI=1S/C22H25O2/c1-3-17(13-21(5-1)23-15-19-9-10-19)7-8-18-4-2-6-22(14-18)24-16-20-11-12-20/h1-7,13-14,19-20H,8-12,15-16H2. The van der Waals surface area contributed by atoms with Crippen molar-refractivity contribution in [2.75, 3.05) is 13.2 Å². The molecule has 0 unspecified atom stereocenters. The molecule has 0 amide bonds. The number of rotatable bonds is 9. The normalized spacial score (nSPS) is 16.8. The predicted octanol–water partition coefficient (Wildman–Crippen LogP) is 5.06. The van der Waals surface area contributed by atoms with Gasteiger partial charge in [-0.15, -0.1) is 0 Å². The molecular weight excluding hydrogens is 296 g/mol. The first-order valence-electron chi connectivity index (χ1n) is 9.13. The summed E-state index contributed by atoms with van der Waals surface area (Å²) >= 11 is 0. The third kappa shape index (κ3) is 4.77. The highest BCUT2D eigenvalue weighted by atomic mass is 16.5. The van der Waals surface area contributed by atoms with E-state index in [2.05, 4.69) is 48.9 Å². The van der Waals surface area contributed by atoms with E-state index in [1.54, 1.807) is 0 Å². The van der Waals surface area contributed by atoms with Crippen molar-refractivity contribution in [1.82, 2.24) is 0 Å². The highest BCUT2D eigenvalue weighted by Crippen LogP contribution is 2.30. The van der Waals surface area contributed by atoms with Crippen molar-refractivity contribution >= 4 is 0 Å². The minimum Gasteiger partial charge on any atom is -0.493 e. The summed E-state index contributed by atoms with van der Waals surface area (Å²) in [6, 6.07) is 16.8. The van der Waals surface area contributed by atoms with E-state index in [-0.39, 0.29) is 0 Å². The minimum atomic E-state index is 0.788. The SMILES string of the molecule is [CH](Cc1cccc(OCC2CC2)c1)c1cccc(OCC2CC2)c1. The lowest BCUT2D eigenvalue weighted by molar-refractivity contribution is 0.299. The molecule has 2 aliphatic rings. The third-order valence-corrected chi connectivity index (χ3v) is 4.70. The summed E-state index contributed by atoms with van der Waals surface area (Å²) in [4.78, 5) is 0. The highest BCUT2D eigenvalue weighted by Gasteiger charge is 2.22. The lowest BCUT2D eigenvalue weighted by Crippen LogP contribution is -2.00. The van der Waals surface area contributed by atoms with Crippen molar-refractivity contribution in [2.24, 2.45) is 11.8 Å². The second-order valence-electron chi connectivity index (χ2n) is 7.14. The van der Waals surface area contributed by atoms with Gasteiger partial charge in [-0.2, -0.15) is 0 Å². The van der Waals surface area contributed by atoms with Gasteiger partial charge in [0.25, 0.3) is 0 Å². The lowest BCUT2D eigenvalue weighted by Gasteiger charge is -2.09. The molecule has 2 fully saturated rings. The molecule has 0 heterocycles. The van der Waals surface area contributed by atoms with Crippen LogP contribution < -0.4 is 9.47 Å². The van der Waals surface area contributed by atoms with Gasteiger partial charge >= 0.3 is 0 Å². The summed E-state index contributed by atoms with van der Waals surface area (Å²) in [6.07, 6.45) is 8.46. The summed E-state index contributed by atoms with van der Waals surface area (Å²) in [5, 5.41) is 0. The molecule has 1 radical (unpaired) electrons. The number of hydrogen-bond acceptors (Lipinski definition) is 2. The van der Waals surface area contributed by atoms with Gasteiger partial charge in [0, 0.05) is 0 Å². The summed E-state index contributed by atoms with van der Waals surface area (Å²) in [5.74, 6) is 3.56. The average Bonchev–Trinajstić information content (AvgIpc) is 3.52. The van der Waals surface area contributed by atoms with Gasteiger partial charge in [0.05, 0.1) is 13.2 Å². The third-order valence-electron chi connectivity index (χ3n) is 4.70. The van der Waals surface area contributed by atoms with Crippen LogP contribution in [0.25, 0.3) is 0 Å². The van der Waals surface area contributed by atoms with E-state index in [1.807, 2.05) is 6.07 Å². The van der Waals surface area contributed by atoms with Gasteiger partial charge in [-0.05, 0) is 85.8 Å².